The van der Waals surface area contributed by atoms with Crippen LogP contribution in [0.25, 0.3) is 21.7 Å². The first-order valence-electron chi connectivity index (χ1n) is 12.1. The van der Waals surface area contributed by atoms with Gasteiger partial charge in [0.1, 0.15) is 17.2 Å². The van der Waals surface area contributed by atoms with Gasteiger partial charge in [0, 0.05) is 22.9 Å². The first-order chi connectivity index (χ1) is 18.1. The zero-order chi connectivity index (χ0) is 25.4. The van der Waals surface area contributed by atoms with Gasteiger partial charge in [-0.05, 0) is 54.8 Å². The Morgan fingerprint density at radius 3 is 2.54 bits per heavy atom. The van der Waals surface area contributed by atoms with E-state index in [0.29, 0.717) is 35.6 Å². The molecule has 6 rings (SSSR count). The SMILES string of the molecule is Cc1c(C(=O)Oc2ccc3ccccc3c2)oc2c1/C(=N/NC(=O)c1ccc3ccccc3n1)CCC2. The number of furan rings is 1. The summed E-state index contributed by atoms with van der Waals surface area (Å²) in [5, 5.41) is 7.40. The third-order valence-electron chi connectivity index (χ3n) is 6.57. The van der Waals surface area contributed by atoms with Gasteiger partial charge in [-0.3, -0.25) is 4.79 Å². The largest absolute Gasteiger partial charge is 0.453 e. The van der Waals surface area contributed by atoms with E-state index in [1.54, 1.807) is 12.1 Å². The van der Waals surface area contributed by atoms with E-state index in [2.05, 4.69) is 15.5 Å². The van der Waals surface area contributed by atoms with Gasteiger partial charge in [-0.1, -0.05) is 54.6 Å². The number of carbonyl (C=O) groups excluding carboxylic acids is 2. The Kier molecular flexibility index (Phi) is 5.73. The summed E-state index contributed by atoms with van der Waals surface area (Å²) in [5.74, 6) is 0.302. The van der Waals surface area contributed by atoms with Crippen LogP contribution in [0.2, 0.25) is 0 Å². The second-order valence-corrected chi connectivity index (χ2v) is 9.00. The molecule has 182 valence electrons. The van der Waals surface area contributed by atoms with Gasteiger partial charge in [0.05, 0.1) is 11.2 Å². The van der Waals surface area contributed by atoms with Crippen LogP contribution in [0.5, 0.6) is 5.75 Å². The molecule has 7 nitrogen and oxygen atoms in total. The zero-order valence-corrected chi connectivity index (χ0v) is 20.2. The number of ether oxygens (including phenoxy) is 1. The van der Waals surface area contributed by atoms with Gasteiger partial charge in [0.25, 0.3) is 5.91 Å². The highest BCUT2D eigenvalue weighted by Gasteiger charge is 2.29. The van der Waals surface area contributed by atoms with E-state index >= 15 is 0 Å². The molecule has 37 heavy (non-hydrogen) atoms. The average Bonchev–Trinajstić information content (AvgIpc) is 3.28. The monoisotopic (exact) mass is 489 g/mol. The number of aromatic nitrogens is 1. The van der Waals surface area contributed by atoms with Crippen molar-refractivity contribution in [3.05, 3.63) is 107 Å². The molecule has 0 saturated heterocycles. The lowest BCUT2D eigenvalue weighted by Gasteiger charge is -2.13. The number of amides is 1. The number of rotatable bonds is 4. The molecule has 5 aromatic rings. The molecule has 2 heterocycles. The Bertz CT molecular complexity index is 1720. The molecular formula is C30H23N3O4. The number of pyridine rings is 1. The van der Waals surface area contributed by atoms with Crippen molar-refractivity contribution in [2.75, 3.05) is 0 Å². The standard InChI is InChI=1S/C30H23N3O4/c1-18-27-24(32-33-29(34)25-16-14-20-8-4-5-10-23(20)31-25)11-6-12-26(27)37-28(18)30(35)36-22-15-13-19-7-2-3-9-21(19)17-22/h2-5,7-10,13-17H,6,11-12H2,1H3,(H,33,34)/b32-24+. The van der Waals surface area contributed by atoms with Crippen LogP contribution < -0.4 is 10.2 Å². The normalized spacial score (nSPS) is 14.0. The Labute approximate surface area is 212 Å². The summed E-state index contributed by atoms with van der Waals surface area (Å²) in [4.78, 5) is 30.2. The molecule has 0 unspecified atom stereocenters. The van der Waals surface area contributed by atoms with Gasteiger partial charge >= 0.3 is 5.97 Å². The fourth-order valence-electron chi connectivity index (χ4n) is 4.73. The lowest BCUT2D eigenvalue weighted by atomic mass is 9.93. The predicted molar refractivity (Wildman–Crippen MR) is 141 cm³/mol. The highest BCUT2D eigenvalue weighted by Crippen LogP contribution is 2.31. The maximum Gasteiger partial charge on any atom is 0.379 e. The number of esters is 1. The van der Waals surface area contributed by atoms with Gasteiger partial charge in [0.15, 0.2) is 0 Å². The molecule has 0 atom stereocenters. The van der Waals surface area contributed by atoms with Gasteiger partial charge in [-0.15, -0.1) is 0 Å². The van der Waals surface area contributed by atoms with Crippen molar-refractivity contribution in [3.8, 4) is 5.75 Å². The Morgan fingerprint density at radius 2 is 1.68 bits per heavy atom. The third kappa shape index (κ3) is 4.36. The van der Waals surface area contributed by atoms with Crippen molar-refractivity contribution in [3.63, 3.8) is 0 Å². The highest BCUT2D eigenvalue weighted by molar-refractivity contribution is 6.07. The van der Waals surface area contributed by atoms with E-state index in [-0.39, 0.29) is 11.5 Å². The maximum absolute atomic E-state index is 13.0. The lowest BCUT2D eigenvalue weighted by molar-refractivity contribution is 0.0698. The summed E-state index contributed by atoms with van der Waals surface area (Å²) in [5.41, 5.74) is 5.72. The number of nitrogens with one attached hydrogen (secondary N) is 1. The van der Waals surface area contributed by atoms with Gasteiger partial charge in [0.2, 0.25) is 5.76 Å². The topological polar surface area (TPSA) is 93.8 Å². The first kappa shape index (κ1) is 22.7. The Hall–Kier alpha value is -4.78. The maximum atomic E-state index is 13.0. The van der Waals surface area contributed by atoms with Gasteiger partial charge < -0.3 is 9.15 Å². The number of carbonyl (C=O) groups is 2. The van der Waals surface area contributed by atoms with Crippen LogP contribution in [-0.4, -0.2) is 22.6 Å². The van der Waals surface area contributed by atoms with E-state index in [4.69, 9.17) is 9.15 Å². The van der Waals surface area contributed by atoms with E-state index in [9.17, 15) is 9.59 Å². The molecule has 0 spiro atoms. The number of para-hydroxylation sites is 1. The number of hydrazone groups is 1. The van der Waals surface area contributed by atoms with Crippen LogP contribution in [0, 0.1) is 6.92 Å². The van der Waals surface area contributed by atoms with Crippen molar-refractivity contribution in [1.29, 1.82) is 0 Å². The molecule has 0 radical (unpaired) electrons. The van der Waals surface area contributed by atoms with Crippen LogP contribution in [-0.2, 0) is 6.42 Å². The molecule has 0 bridgehead atoms. The van der Waals surface area contributed by atoms with Crippen LogP contribution in [0.4, 0.5) is 0 Å². The molecular weight excluding hydrogens is 466 g/mol. The minimum atomic E-state index is -0.564. The minimum absolute atomic E-state index is 0.148. The molecule has 7 heteroatoms. The predicted octanol–water partition coefficient (Wildman–Crippen LogP) is 5.98. The number of nitrogens with zero attached hydrogens (tertiary/aromatic N) is 2. The van der Waals surface area contributed by atoms with Crippen molar-refractivity contribution in [1.82, 2.24) is 10.4 Å². The molecule has 1 aliphatic carbocycles. The smallest absolute Gasteiger partial charge is 0.379 e. The van der Waals surface area contributed by atoms with Crippen molar-refractivity contribution in [2.24, 2.45) is 5.10 Å². The Balaban J connectivity index is 1.23. The summed E-state index contributed by atoms with van der Waals surface area (Å²) >= 11 is 0. The van der Waals surface area contributed by atoms with Crippen LogP contribution in [0.1, 0.15) is 50.8 Å². The quantitative estimate of drug-likeness (QED) is 0.190. The van der Waals surface area contributed by atoms with E-state index in [1.165, 1.54) is 0 Å². The molecule has 0 aliphatic heterocycles. The molecule has 1 aliphatic rings. The highest BCUT2D eigenvalue weighted by atomic mass is 16.5. The van der Waals surface area contributed by atoms with Gasteiger partial charge in [-0.2, -0.15) is 5.10 Å². The summed E-state index contributed by atoms with van der Waals surface area (Å²) in [7, 11) is 0. The number of hydrogen-bond donors (Lipinski definition) is 1. The summed E-state index contributed by atoms with van der Waals surface area (Å²) in [6.45, 7) is 1.81. The molecule has 0 fully saturated rings. The van der Waals surface area contributed by atoms with E-state index in [0.717, 1.165) is 33.7 Å². The second kappa shape index (κ2) is 9.35. The number of hydrogen-bond acceptors (Lipinski definition) is 6. The van der Waals surface area contributed by atoms with Crippen LogP contribution in [0.15, 0.2) is 88.4 Å². The molecule has 0 saturated carbocycles. The summed E-state index contributed by atoms with van der Waals surface area (Å²) < 4.78 is 11.6. The first-order valence-corrected chi connectivity index (χ1v) is 12.1. The van der Waals surface area contributed by atoms with Crippen molar-refractivity contribution >= 4 is 39.3 Å². The molecule has 2 aromatic heterocycles. The summed E-state index contributed by atoms with van der Waals surface area (Å²) in [6, 6.07) is 24.5. The average molecular weight is 490 g/mol. The van der Waals surface area contributed by atoms with Crippen LogP contribution >= 0.6 is 0 Å². The third-order valence-corrected chi connectivity index (χ3v) is 6.57. The van der Waals surface area contributed by atoms with Crippen molar-refractivity contribution in [2.45, 2.75) is 26.2 Å². The molecule has 3 aromatic carbocycles. The molecule has 1 amide bonds. The second-order valence-electron chi connectivity index (χ2n) is 9.00. The Morgan fingerprint density at radius 1 is 0.919 bits per heavy atom. The zero-order valence-electron chi connectivity index (χ0n) is 20.2. The van der Waals surface area contributed by atoms with E-state index < -0.39 is 11.9 Å². The number of benzene rings is 3. The lowest BCUT2D eigenvalue weighted by Crippen LogP contribution is -2.23. The van der Waals surface area contributed by atoms with Crippen molar-refractivity contribution < 1.29 is 18.7 Å². The van der Waals surface area contributed by atoms with Crippen LogP contribution in [0.3, 0.4) is 0 Å². The fraction of sp³-hybridized carbons (Fsp3) is 0.133. The fourth-order valence-corrected chi connectivity index (χ4v) is 4.73. The van der Waals surface area contributed by atoms with Gasteiger partial charge in [-0.25, -0.2) is 15.2 Å². The molecule has 1 N–H and O–H groups in total. The number of fused-ring (bicyclic) bond motifs is 3. The number of aryl methyl sites for hydroxylation is 1. The minimum Gasteiger partial charge on any atom is -0.453 e. The van der Waals surface area contributed by atoms with E-state index in [1.807, 2.05) is 73.7 Å². The summed E-state index contributed by atoms with van der Waals surface area (Å²) in [6.07, 6.45) is 2.12.